The van der Waals surface area contributed by atoms with E-state index in [9.17, 15) is 14.3 Å². The molecule has 1 aromatic heterocycles. The summed E-state index contributed by atoms with van der Waals surface area (Å²) in [6.45, 7) is 1.15. The molecule has 0 fully saturated rings. The molecule has 0 spiro atoms. The standard InChI is InChI=1S/C15H17FN4O2/c16-12-5-2-1-4-10(12)13(9-21)19-15(22)11-8-18-20-7-3-6-17-14(11)20/h1-2,4-5,8,13,17,21H,3,6-7,9H2,(H,19,22). The number of rotatable bonds is 4. The van der Waals surface area contributed by atoms with E-state index in [1.165, 1.54) is 12.3 Å². The summed E-state index contributed by atoms with van der Waals surface area (Å²) in [6, 6.07) is 5.27. The molecule has 1 amide bonds. The highest BCUT2D eigenvalue weighted by molar-refractivity contribution is 5.99. The van der Waals surface area contributed by atoms with Crippen molar-refractivity contribution < 1.29 is 14.3 Å². The molecule has 1 atom stereocenters. The number of aliphatic hydroxyl groups excluding tert-OH is 1. The number of amides is 1. The topological polar surface area (TPSA) is 79.2 Å². The maximum absolute atomic E-state index is 13.8. The summed E-state index contributed by atoms with van der Waals surface area (Å²) < 4.78 is 15.5. The van der Waals surface area contributed by atoms with Crippen molar-refractivity contribution in [1.29, 1.82) is 0 Å². The number of aliphatic hydroxyl groups is 1. The highest BCUT2D eigenvalue weighted by atomic mass is 19.1. The molecule has 3 rings (SSSR count). The monoisotopic (exact) mass is 304 g/mol. The lowest BCUT2D eigenvalue weighted by Gasteiger charge is -2.19. The zero-order valence-corrected chi connectivity index (χ0v) is 11.9. The molecule has 1 unspecified atom stereocenters. The summed E-state index contributed by atoms with van der Waals surface area (Å²) in [5.74, 6) is -0.191. The Kier molecular flexibility index (Phi) is 4.06. The summed E-state index contributed by atoms with van der Waals surface area (Å²) in [5.41, 5.74) is 0.654. The van der Waals surface area contributed by atoms with Crippen LogP contribution in [0, 0.1) is 5.82 Å². The Morgan fingerprint density at radius 1 is 1.50 bits per heavy atom. The first-order chi connectivity index (χ1) is 10.7. The fourth-order valence-electron chi connectivity index (χ4n) is 2.56. The zero-order valence-electron chi connectivity index (χ0n) is 11.9. The number of halogens is 1. The number of benzene rings is 1. The number of hydrogen-bond acceptors (Lipinski definition) is 4. The van der Waals surface area contributed by atoms with Crippen molar-refractivity contribution in [3.05, 3.63) is 47.4 Å². The summed E-state index contributed by atoms with van der Waals surface area (Å²) in [4.78, 5) is 12.4. The largest absolute Gasteiger partial charge is 0.394 e. The molecule has 0 radical (unpaired) electrons. The van der Waals surface area contributed by atoms with Gasteiger partial charge in [-0.15, -0.1) is 0 Å². The van der Waals surface area contributed by atoms with Gasteiger partial charge in [-0.3, -0.25) is 4.79 Å². The summed E-state index contributed by atoms with van der Waals surface area (Å²) in [5, 5.41) is 19.4. The van der Waals surface area contributed by atoms with Crippen molar-refractivity contribution in [2.75, 3.05) is 18.5 Å². The van der Waals surface area contributed by atoms with E-state index in [-0.39, 0.29) is 12.2 Å². The van der Waals surface area contributed by atoms with Crippen molar-refractivity contribution in [3.8, 4) is 0 Å². The molecule has 6 nitrogen and oxygen atoms in total. The van der Waals surface area contributed by atoms with Gasteiger partial charge in [-0.2, -0.15) is 5.10 Å². The zero-order chi connectivity index (χ0) is 15.5. The Hall–Kier alpha value is -2.41. The van der Waals surface area contributed by atoms with Crippen LogP contribution in [0.15, 0.2) is 30.5 Å². The second-order valence-corrected chi connectivity index (χ2v) is 5.14. The summed E-state index contributed by atoms with van der Waals surface area (Å²) in [7, 11) is 0. The lowest BCUT2D eigenvalue weighted by Crippen LogP contribution is -2.32. The number of carbonyl (C=O) groups excluding carboxylic acids is 1. The van der Waals surface area contributed by atoms with E-state index < -0.39 is 17.8 Å². The normalized spacial score (nSPS) is 14.8. The van der Waals surface area contributed by atoms with Gasteiger partial charge >= 0.3 is 0 Å². The first-order valence-electron chi connectivity index (χ1n) is 7.16. The lowest BCUT2D eigenvalue weighted by atomic mass is 10.1. The number of carbonyl (C=O) groups is 1. The quantitative estimate of drug-likeness (QED) is 0.795. The van der Waals surface area contributed by atoms with E-state index in [1.807, 2.05) is 0 Å². The Labute approximate surface area is 127 Å². The molecule has 7 heteroatoms. The molecular formula is C15H17FN4O2. The Balaban J connectivity index is 1.81. The van der Waals surface area contributed by atoms with Gasteiger partial charge in [-0.1, -0.05) is 18.2 Å². The molecule has 1 aromatic carbocycles. The van der Waals surface area contributed by atoms with Gasteiger partial charge in [0.15, 0.2) is 0 Å². The first-order valence-corrected chi connectivity index (χ1v) is 7.16. The average molecular weight is 304 g/mol. The predicted molar refractivity (Wildman–Crippen MR) is 79.0 cm³/mol. The maximum Gasteiger partial charge on any atom is 0.257 e. The van der Waals surface area contributed by atoms with Gasteiger partial charge in [0, 0.05) is 18.7 Å². The van der Waals surface area contributed by atoms with Crippen molar-refractivity contribution in [2.45, 2.75) is 19.0 Å². The van der Waals surface area contributed by atoms with Gasteiger partial charge in [0.05, 0.1) is 18.8 Å². The minimum Gasteiger partial charge on any atom is -0.394 e. The average Bonchev–Trinajstić information content (AvgIpc) is 2.97. The van der Waals surface area contributed by atoms with Crippen molar-refractivity contribution in [3.63, 3.8) is 0 Å². The van der Waals surface area contributed by atoms with E-state index in [1.54, 1.807) is 22.9 Å². The molecule has 1 aliphatic heterocycles. The Morgan fingerprint density at radius 2 is 2.32 bits per heavy atom. The molecular weight excluding hydrogens is 287 g/mol. The third-order valence-electron chi connectivity index (χ3n) is 3.69. The van der Waals surface area contributed by atoms with Crippen molar-refractivity contribution in [2.24, 2.45) is 0 Å². The van der Waals surface area contributed by atoms with Crippen molar-refractivity contribution >= 4 is 11.7 Å². The molecule has 2 heterocycles. The number of anilines is 1. The molecule has 1 aliphatic rings. The van der Waals surface area contributed by atoms with Crippen LogP contribution in [-0.4, -0.2) is 33.9 Å². The highest BCUT2D eigenvalue weighted by Gasteiger charge is 2.23. The fraction of sp³-hybridized carbons (Fsp3) is 0.333. The van der Waals surface area contributed by atoms with Gasteiger partial charge < -0.3 is 15.7 Å². The third kappa shape index (κ3) is 2.67. The van der Waals surface area contributed by atoms with Crippen LogP contribution in [0.5, 0.6) is 0 Å². The molecule has 0 saturated carbocycles. The van der Waals surface area contributed by atoms with E-state index in [0.29, 0.717) is 11.4 Å². The van der Waals surface area contributed by atoms with Gasteiger partial charge in [-0.05, 0) is 12.5 Å². The smallest absolute Gasteiger partial charge is 0.257 e. The van der Waals surface area contributed by atoms with Gasteiger partial charge in [-0.25, -0.2) is 9.07 Å². The van der Waals surface area contributed by atoms with E-state index in [2.05, 4.69) is 15.7 Å². The van der Waals surface area contributed by atoms with Crippen LogP contribution in [0.1, 0.15) is 28.4 Å². The molecule has 22 heavy (non-hydrogen) atoms. The maximum atomic E-state index is 13.8. The fourth-order valence-corrected chi connectivity index (χ4v) is 2.56. The second kappa shape index (κ2) is 6.15. The molecule has 116 valence electrons. The second-order valence-electron chi connectivity index (χ2n) is 5.14. The van der Waals surface area contributed by atoms with Crippen LogP contribution in [0.2, 0.25) is 0 Å². The Morgan fingerprint density at radius 3 is 3.09 bits per heavy atom. The highest BCUT2D eigenvalue weighted by Crippen LogP contribution is 2.21. The number of hydrogen-bond donors (Lipinski definition) is 3. The molecule has 2 aromatic rings. The number of aromatic nitrogens is 2. The van der Waals surface area contributed by atoms with E-state index >= 15 is 0 Å². The minimum atomic E-state index is -0.798. The number of nitrogens with zero attached hydrogens (tertiary/aromatic N) is 2. The molecule has 0 saturated heterocycles. The number of nitrogens with one attached hydrogen (secondary N) is 2. The summed E-state index contributed by atoms with van der Waals surface area (Å²) >= 11 is 0. The van der Waals surface area contributed by atoms with Gasteiger partial charge in [0.1, 0.15) is 17.2 Å². The van der Waals surface area contributed by atoms with E-state index in [4.69, 9.17) is 0 Å². The first kappa shape index (κ1) is 14.5. The van der Waals surface area contributed by atoms with Crippen LogP contribution in [0.4, 0.5) is 10.2 Å². The molecule has 0 aliphatic carbocycles. The van der Waals surface area contributed by atoms with Gasteiger partial charge in [0.25, 0.3) is 5.91 Å². The number of fused-ring (bicyclic) bond motifs is 1. The SMILES string of the molecule is O=C(NC(CO)c1ccccc1F)c1cnn2c1NCCC2. The Bertz CT molecular complexity index is 686. The molecule has 3 N–H and O–H groups in total. The summed E-state index contributed by atoms with van der Waals surface area (Å²) in [6.07, 6.45) is 2.43. The van der Waals surface area contributed by atoms with Crippen LogP contribution < -0.4 is 10.6 Å². The lowest BCUT2D eigenvalue weighted by molar-refractivity contribution is 0.0916. The van der Waals surface area contributed by atoms with Crippen LogP contribution in [0.25, 0.3) is 0 Å². The van der Waals surface area contributed by atoms with Crippen molar-refractivity contribution in [1.82, 2.24) is 15.1 Å². The van der Waals surface area contributed by atoms with Crippen LogP contribution in [0.3, 0.4) is 0 Å². The molecule has 0 bridgehead atoms. The minimum absolute atomic E-state index is 0.257. The van der Waals surface area contributed by atoms with Crippen LogP contribution >= 0.6 is 0 Å². The van der Waals surface area contributed by atoms with Gasteiger partial charge in [0.2, 0.25) is 0 Å². The third-order valence-corrected chi connectivity index (χ3v) is 3.69. The number of aryl methyl sites for hydroxylation is 1. The predicted octanol–water partition coefficient (Wildman–Crippen LogP) is 1.30. The van der Waals surface area contributed by atoms with E-state index in [0.717, 1.165) is 19.5 Å². The van der Waals surface area contributed by atoms with Crippen LogP contribution in [-0.2, 0) is 6.54 Å².